The molecule has 0 fully saturated rings. The Bertz CT molecular complexity index is 988. The molecule has 0 saturated carbocycles. The summed E-state index contributed by atoms with van der Waals surface area (Å²) in [4.78, 5) is 14.5. The van der Waals surface area contributed by atoms with E-state index in [4.69, 9.17) is 0 Å². The molecule has 142 valence electrons. The number of nitrogens with zero attached hydrogens (tertiary/aromatic N) is 2. The molecule has 0 bridgehead atoms. The number of carbonyl (C=O) groups is 1. The molecule has 1 aliphatic rings. The minimum Gasteiger partial charge on any atom is -0.331 e. The number of anilines is 1. The molecule has 5 nitrogen and oxygen atoms in total. The van der Waals surface area contributed by atoms with Crippen LogP contribution in [0.2, 0.25) is 0 Å². The van der Waals surface area contributed by atoms with Crippen molar-refractivity contribution in [3.63, 3.8) is 0 Å². The molecule has 2 aromatic rings. The molecule has 3 rings (SSSR count). The lowest BCUT2D eigenvalue weighted by Crippen LogP contribution is -2.31. The number of rotatable bonds is 6. The third kappa shape index (κ3) is 4.03. The monoisotopic (exact) mass is 388 g/mol. The van der Waals surface area contributed by atoms with Crippen LogP contribution in [-0.4, -0.2) is 38.6 Å². The van der Waals surface area contributed by atoms with Crippen LogP contribution in [0.4, 0.5) is 10.1 Å². The second-order valence-corrected chi connectivity index (χ2v) is 8.40. The van der Waals surface area contributed by atoms with E-state index in [1.807, 2.05) is 0 Å². The van der Waals surface area contributed by atoms with Crippen molar-refractivity contribution in [3.8, 4) is 0 Å². The second-order valence-electron chi connectivity index (χ2n) is 6.49. The van der Waals surface area contributed by atoms with Crippen molar-refractivity contribution < 1.29 is 17.6 Å². The van der Waals surface area contributed by atoms with Gasteiger partial charge >= 0.3 is 0 Å². The Morgan fingerprint density at radius 2 is 2.04 bits per heavy atom. The highest BCUT2D eigenvalue weighted by atomic mass is 32.2. The average molecular weight is 388 g/mol. The fourth-order valence-electron chi connectivity index (χ4n) is 3.24. The highest BCUT2D eigenvalue weighted by Crippen LogP contribution is 2.31. The molecular weight excluding hydrogens is 367 g/mol. The summed E-state index contributed by atoms with van der Waals surface area (Å²) in [6.07, 6.45) is 3.32. The fourth-order valence-corrected chi connectivity index (χ4v) is 4.20. The normalized spacial score (nSPS) is 13.3. The number of sulfonamides is 1. The maximum atomic E-state index is 14.0. The molecule has 0 saturated heterocycles. The minimum atomic E-state index is -3.34. The van der Waals surface area contributed by atoms with Gasteiger partial charge in [-0.2, -0.15) is 0 Å². The van der Waals surface area contributed by atoms with Crippen LogP contribution < -0.4 is 4.31 Å². The average Bonchev–Trinajstić information content (AvgIpc) is 3.06. The SMILES string of the molecule is C=CCN(Cc1ccccc1F)C(=O)c1ccc2c(c1)CCN2S(C)(=O)=O. The van der Waals surface area contributed by atoms with E-state index < -0.39 is 10.0 Å². The Hall–Kier alpha value is -2.67. The van der Waals surface area contributed by atoms with Crippen molar-refractivity contribution in [2.24, 2.45) is 0 Å². The molecule has 0 radical (unpaired) electrons. The van der Waals surface area contributed by atoms with E-state index in [0.29, 0.717) is 29.8 Å². The Balaban J connectivity index is 1.87. The van der Waals surface area contributed by atoms with E-state index in [-0.39, 0.29) is 24.8 Å². The van der Waals surface area contributed by atoms with Gasteiger partial charge in [0, 0.05) is 30.8 Å². The van der Waals surface area contributed by atoms with Crippen molar-refractivity contribution in [3.05, 3.63) is 77.6 Å². The highest BCUT2D eigenvalue weighted by Gasteiger charge is 2.27. The number of amides is 1. The van der Waals surface area contributed by atoms with Gasteiger partial charge in [-0.1, -0.05) is 24.3 Å². The van der Waals surface area contributed by atoms with Gasteiger partial charge in [0.1, 0.15) is 5.82 Å². The molecule has 2 aromatic carbocycles. The van der Waals surface area contributed by atoms with Gasteiger partial charge in [0.25, 0.3) is 5.91 Å². The van der Waals surface area contributed by atoms with Gasteiger partial charge in [-0.25, -0.2) is 12.8 Å². The fraction of sp³-hybridized carbons (Fsp3) is 0.250. The van der Waals surface area contributed by atoms with Crippen molar-refractivity contribution in [2.45, 2.75) is 13.0 Å². The first-order valence-electron chi connectivity index (χ1n) is 8.55. The van der Waals surface area contributed by atoms with Crippen molar-refractivity contribution in [2.75, 3.05) is 23.7 Å². The molecule has 1 amide bonds. The van der Waals surface area contributed by atoms with E-state index in [1.165, 1.54) is 21.5 Å². The Kier molecular flexibility index (Phi) is 5.32. The van der Waals surface area contributed by atoms with Gasteiger partial charge in [0.15, 0.2) is 0 Å². The molecule has 1 heterocycles. The number of carbonyl (C=O) groups excluding carboxylic acids is 1. The number of benzene rings is 2. The Labute approximate surface area is 158 Å². The third-order valence-corrected chi connectivity index (χ3v) is 5.72. The molecule has 7 heteroatoms. The predicted molar refractivity (Wildman–Crippen MR) is 104 cm³/mol. The van der Waals surface area contributed by atoms with Crippen molar-refractivity contribution >= 4 is 21.6 Å². The summed E-state index contributed by atoms with van der Waals surface area (Å²) in [7, 11) is -3.34. The summed E-state index contributed by atoms with van der Waals surface area (Å²) < 4.78 is 39.0. The van der Waals surface area contributed by atoms with E-state index in [2.05, 4.69) is 6.58 Å². The second kappa shape index (κ2) is 7.52. The van der Waals surface area contributed by atoms with Gasteiger partial charge in [-0.3, -0.25) is 9.10 Å². The quantitative estimate of drug-likeness (QED) is 0.715. The first-order chi connectivity index (χ1) is 12.8. The van der Waals surface area contributed by atoms with Crippen LogP contribution in [0.25, 0.3) is 0 Å². The van der Waals surface area contributed by atoms with Crippen LogP contribution in [0.5, 0.6) is 0 Å². The van der Waals surface area contributed by atoms with Gasteiger partial charge in [-0.05, 0) is 36.2 Å². The van der Waals surface area contributed by atoms with Crippen LogP contribution in [0.1, 0.15) is 21.5 Å². The summed E-state index contributed by atoms with van der Waals surface area (Å²) >= 11 is 0. The van der Waals surface area contributed by atoms with Crippen LogP contribution >= 0.6 is 0 Å². The molecule has 0 atom stereocenters. The van der Waals surface area contributed by atoms with Crippen LogP contribution in [0.15, 0.2) is 55.1 Å². The minimum absolute atomic E-state index is 0.129. The lowest BCUT2D eigenvalue weighted by molar-refractivity contribution is 0.0761. The Morgan fingerprint density at radius 3 is 2.70 bits per heavy atom. The first kappa shape index (κ1) is 19.1. The van der Waals surface area contributed by atoms with Crippen molar-refractivity contribution in [1.29, 1.82) is 0 Å². The van der Waals surface area contributed by atoms with Gasteiger partial charge in [0.2, 0.25) is 10.0 Å². The topological polar surface area (TPSA) is 57.7 Å². The summed E-state index contributed by atoms with van der Waals surface area (Å²) in [5.41, 5.74) is 2.30. The predicted octanol–water partition coefficient (Wildman–Crippen LogP) is 2.98. The molecule has 0 spiro atoms. The standard InChI is InChI=1S/C20H21FN2O3S/c1-3-11-22(14-17-6-4-5-7-18(17)21)20(24)16-8-9-19-15(13-16)10-12-23(19)27(2,25)26/h3-9,13H,1,10-12,14H2,2H3. The maximum absolute atomic E-state index is 14.0. The Morgan fingerprint density at radius 1 is 1.30 bits per heavy atom. The van der Waals surface area contributed by atoms with Gasteiger partial charge < -0.3 is 4.90 Å². The lowest BCUT2D eigenvalue weighted by Gasteiger charge is -2.22. The summed E-state index contributed by atoms with van der Waals surface area (Å²) in [5, 5.41) is 0. The zero-order chi connectivity index (χ0) is 19.6. The summed E-state index contributed by atoms with van der Waals surface area (Å²) in [6, 6.07) is 11.3. The smallest absolute Gasteiger partial charge is 0.254 e. The molecule has 1 aliphatic heterocycles. The zero-order valence-electron chi connectivity index (χ0n) is 15.1. The van der Waals surface area contributed by atoms with Crippen molar-refractivity contribution in [1.82, 2.24) is 4.90 Å². The number of fused-ring (bicyclic) bond motifs is 1. The lowest BCUT2D eigenvalue weighted by atomic mass is 10.1. The molecule has 0 aromatic heterocycles. The molecular formula is C20H21FN2O3S. The number of hydrogen-bond acceptors (Lipinski definition) is 3. The summed E-state index contributed by atoms with van der Waals surface area (Å²) in [6.45, 7) is 4.45. The van der Waals surface area contributed by atoms with E-state index >= 15 is 0 Å². The van der Waals surface area contributed by atoms with Crippen LogP contribution in [0.3, 0.4) is 0 Å². The number of halogens is 1. The molecule has 0 N–H and O–H groups in total. The zero-order valence-corrected chi connectivity index (χ0v) is 15.9. The van der Waals surface area contributed by atoms with E-state index in [1.54, 1.807) is 42.5 Å². The highest BCUT2D eigenvalue weighted by molar-refractivity contribution is 7.92. The number of hydrogen-bond donors (Lipinski definition) is 0. The molecule has 0 unspecified atom stereocenters. The third-order valence-electron chi connectivity index (χ3n) is 4.54. The first-order valence-corrected chi connectivity index (χ1v) is 10.4. The molecule has 27 heavy (non-hydrogen) atoms. The van der Waals surface area contributed by atoms with Crippen LogP contribution in [0, 0.1) is 5.82 Å². The molecule has 0 aliphatic carbocycles. The van der Waals surface area contributed by atoms with E-state index in [0.717, 1.165) is 5.56 Å². The van der Waals surface area contributed by atoms with Gasteiger partial charge in [-0.15, -0.1) is 6.58 Å². The maximum Gasteiger partial charge on any atom is 0.254 e. The summed E-state index contributed by atoms with van der Waals surface area (Å²) in [5.74, 6) is -0.615. The largest absolute Gasteiger partial charge is 0.331 e. The van der Waals surface area contributed by atoms with E-state index in [9.17, 15) is 17.6 Å². The van der Waals surface area contributed by atoms with Crippen LogP contribution in [-0.2, 0) is 23.0 Å². The van der Waals surface area contributed by atoms with Gasteiger partial charge in [0.05, 0.1) is 11.9 Å².